The van der Waals surface area contributed by atoms with E-state index in [1.54, 1.807) is 6.07 Å². The minimum Gasteiger partial charge on any atom is -0.334 e. The fourth-order valence-corrected chi connectivity index (χ4v) is 2.64. The first kappa shape index (κ1) is 13.6. The first-order valence-corrected chi connectivity index (χ1v) is 6.58. The summed E-state index contributed by atoms with van der Waals surface area (Å²) in [4.78, 5) is 13.9. The second-order valence-electron chi connectivity index (χ2n) is 5.49. The molecule has 0 aliphatic carbocycles. The van der Waals surface area contributed by atoms with E-state index in [0.717, 1.165) is 5.56 Å². The van der Waals surface area contributed by atoms with Crippen LogP contribution in [0.5, 0.6) is 0 Å². The molecule has 0 radical (unpaired) electrons. The molecule has 1 aliphatic rings. The number of hydrogen-bond acceptors (Lipinski definition) is 3. The van der Waals surface area contributed by atoms with E-state index in [-0.39, 0.29) is 18.0 Å². The zero-order valence-corrected chi connectivity index (χ0v) is 11.3. The van der Waals surface area contributed by atoms with Crippen LogP contribution in [-0.4, -0.2) is 23.4 Å². The third kappa shape index (κ3) is 2.77. The van der Waals surface area contributed by atoms with E-state index >= 15 is 0 Å². The minimum atomic E-state index is -0.194. The molecule has 2 rings (SSSR count). The molecule has 0 aromatic heterocycles. The zero-order chi connectivity index (χ0) is 14.0. The van der Waals surface area contributed by atoms with Crippen molar-refractivity contribution in [3.8, 4) is 6.07 Å². The molecule has 2 N–H and O–H groups in total. The number of carbonyl (C=O) groups is 1. The van der Waals surface area contributed by atoms with Crippen molar-refractivity contribution < 1.29 is 4.79 Å². The van der Waals surface area contributed by atoms with E-state index in [1.807, 2.05) is 23.1 Å². The van der Waals surface area contributed by atoms with Crippen molar-refractivity contribution in [3.63, 3.8) is 0 Å². The van der Waals surface area contributed by atoms with Crippen LogP contribution < -0.4 is 5.73 Å². The Morgan fingerprint density at radius 2 is 2.26 bits per heavy atom. The van der Waals surface area contributed by atoms with Gasteiger partial charge >= 0.3 is 0 Å². The van der Waals surface area contributed by atoms with E-state index in [2.05, 4.69) is 19.9 Å². The van der Waals surface area contributed by atoms with E-state index in [9.17, 15) is 4.79 Å². The summed E-state index contributed by atoms with van der Waals surface area (Å²) >= 11 is 0. The standard InChI is InChI=1S/C15H19N3O/c1-10(2)9-18-14(19)7-13(17)15(18)12-5-3-4-11(6-12)8-16/h3-6,10,13,15H,7,9,17H2,1-2H3. The van der Waals surface area contributed by atoms with Crippen LogP contribution in [0.3, 0.4) is 0 Å². The van der Waals surface area contributed by atoms with Gasteiger partial charge in [0.05, 0.1) is 17.7 Å². The van der Waals surface area contributed by atoms with Gasteiger partial charge in [0.15, 0.2) is 0 Å². The van der Waals surface area contributed by atoms with E-state index < -0.39 is 0 Å². The molecule has 1 heterocycles. The maximum atomic E-state index is 12.0. The number of nitrogens with zero attached hydrogens (tertiary/aromatic N) is 2. The summed E-state index contributed by atoms with van der Waals surface area (Å²) in [6, 6.07) is 9.20. The number of benzene rings is 1. The Bertz CT molecular complexity index is 518. The maximum Gasteiger partial charge on any atom is 0.224 e. The monoisotopic (exact) mass is 257 g/mol. The van der Waals surface area contributed by atoms with Crippen LogP contribution in [0.15, 0.2) is 24.3 Å². The quantitative estimate of drug-likeness (QED) is 0.897. The SMILES string of the molecule is CC(C)CN1C(=O)CC(N)C1c1cccc(C#N)c1. The van der Waals surface area contributed by atoms with E-state index in [0.29, 0.717) is 24.4 Å². The predicted octanol–water partition coefficient (Wildman–Crippen LogP) is 1.81. The van der Waals surface area contributed by atoms with Crippen LogP contribution >= 0.6 is 0 Å². The van der Waals surface area contributed by atoms with Gasteiger partial charge in [0.1, 0.15) is 0 Å². The zero-order valence-electron chi connectivity index (χ0n) is 11.3. The largest absolute Gasteiger partial charge is 0.334 e. The highest BCUT2D eigenvalue weighted by Crippen LogP contribution is 2.32. The van der Waals surface area contributed by atoms with Crippen molar-refractivity contribution in [2.75, 3.05) is 6.54 Å². The molecule has 1 aromatic rings. The number of hydrogen-bond donors (Lipinski definition) is 1. The Morgan fingerprint density at radius 3 is 2.89 bits per heavy atom. The highest BCUT2D eigenvalue weighted by atomic mass is 16.2. The number of nitrogens with two attached hydrogens (primary N) is 1. The third-order valence-electron chi connectivity index (χ3n) is 3.39. The average molecular weight is 257 g/mol. The van der Waals surface area contributed by atoms with Gasteiger partial charge in [0.25, 0.3) is 0 Å². The highest BCUT2D eigenvalue weighted by Gasteiger charge is 2.38. The van der Waals surface area contributed by atoms with Gasteiger partial charge in [-0.05, 0) is 23.6 Å². The second kappa shape index (κ2) is 5.41. The van der Waals surface area contributed by atoms with Crippen molar-refractivity contribution in [2.24, 2.45) is 11.7 Å². The van der Waals surface area contributed by atoms with Gasteiger partial charge in [-0.1, -0.05) is 26.0 Å². The lowest BCUT2D eigenvalue weighted by atomic mass is 9.98. The molecule has 19 heavy (non-hydrogen) atoms. The molecule has 2 unspecified atom stereocenters. The summed E-state index contributed by atoms with van der Waals surface area (Å²) in [6.45, 7) is 4.87. The molecule has 0 saturated carbocycles. The highest BCUT2D eigenvalue weighted by molar-refractivity contribution is 5.80. The van der Waals surface area contributed by atoms with Gasteiger partial charge in [0, 0.05) is 19.0 Å². The number of nitriles is 1. The van der Waals surface area contributed by atoms with Crippen LogP contribution in [0.4, 0.5) is 0 Å². The molecule has 1 saturated heterocycles. The smallest absolute Gasteiger partial charge is 0.224 e. The Labute approximate surface area is 113 Å². The normalized spacial score (nSPS) is 22.9. The van der Waals surface area contributed by atoms with Crippen LogP contribution in [0.1, 0.15) is 37.4 Å². The minimum absolute atomic E-state index is 0.105. The van der Waals surface area contributed by atoms with Crippen molar-refractivity contribution >= 4 is 5.91 Å². The summed E-state index contributed by atoms with van der Waals surface area (Å²) in [5, 5.41) is 8.97. The topological polar surface area (TPSA) is 70.1 Å². The van der Waals surface area contributed by atoms with Crippen molar-refractivity contribution in [1.82, 2.24) is 4.90 Å². The molecule has 1 aromatic carbocycles. The Kier molecular flexibility index (Phi) is 3.87. The van der Waals surface area contributed by atoms with Gasteiger partial charge < -0.3 is 10.6 Å². The van der Waals surface area contributed by atoms with Crippen molar-refractivity contribution in [3.05, 3.63) is 35.4 Å². The molecule has 4 nitrogen and oxygen atoms in total. The first-order valence-electron chi connectivity index (χ1n) is 6.58. The number of carbonyl (C=O) groups excluding carboxylic acids is 1. The van der Waals surface area contributed by atoms with Gasteiger partial charge in [-0.3, -0.25) is 4.79 Å². The fraction of sp³-hybridized carbons (Fsp3) is 0.467. The summed E-state index contributed by atoms with van der Waals surface area (Å²) in [5.41, 5.74) is 7.68. The lowest BCUT2D eigenvalue weighted by Gasteiger charge is -2.28. The summed E-state index contributed by atoms with van der Waals surface area (Å²) in [6.07, 6.45) is 0.383. The summed E-state index contributed by atoms with van der Waals surface area (Å²) in [5.74, 6) is 0.504. The van der Waals surface area contributed by atoms with Crippen LogP contribution in [-0.2, 0) is 4.79 Å². The number of amides is 1. The number of rotatable bonds is 3. The Morgan fingerprint density at radius 1 is 1.53 bits per heavy atom. The molecule has 0 spiro atoms. The maximum absolute atomic E-state index is 12.0. The lowest BCUT2D eigenvalue weighted by molar-refractivity contribution is -0.129. The molecular weight excluding hydrogens is 238 g/mol. The van der Waals surface area contributed by atoms with Gasteiger partial charge in [-0.25, -0.2) is 0 Å². The third-order valence-corrected chi connectivity index (χ3v) is 3.39. The molecule has 1 amide bonds. The van der Waals surface area contributed by atoms with E-state index in [1.165, 1.54) is 0 Å². The van der Waals surface area contributed by atoms with Crippen molar-refractivity contribution in [2.45, 2.75) is 32.4 Å². The number of likely N-dealkylation sites (tertiary alicyclic amines) is 1. The molecule has 1 aliphatic heterocycles. The van der Waals surface area contributed by atoms with Crippen LogP contribution in [0, 0.1) is 17.2 Å². The molecule has 4 heteroatoms. The molecule has 1 fully saturated rings. The van der Waals surface area contributed by atoms with Crippen LogP contribution in [0.25, 0.3) is 0 Å². The lowest BCUT2D eigenvalue weighted by Crippen LogP contribution is -2.35. The predicted molar refractivity (Wildman–Crippen MR) is 73.0 cm³/mol. The van der Waals surface area contributed by atoms with Gasteiger partial charge in [-0.2, -0.15) is 5.26 Å². The van der Waals surface area contributed by atoms with Crippen molar-refractivity contribution in [1.29, 1.82) is 5.26 Å². The molecule has 2 atom stereocenters. The average Bonchev–Trinajstić information content (AvgIpc) is 2.63. The Balaban J connectivity index is 2.34. The molecule has 0 bridgehead atoms. The molecular formula is C15H19N3O. The summed E-state index contributed by atoms with van der Waals surface area (Å²) in [7, 11) is 0. The first-order chi connectivity index (χ1) is 9.02. The van der Waals surface area contributed by atoms with Gasteiger partial charge in [0.2, 0.25) is 5.91 Å². The molecule has 100 valence electrons. The fourth-order valence-electron chi connectivity index (χ4n) is 2.64. The van der Waals surface area contributed by atoms with Gasteiger partial charge in [-0.15, -0.1) is 0 Å². The Hall–Kier alpha value is -1.86. The van der Waals surface area contributed by atoms with E-state index in [4.69, 9.17) is 11.0 Å². The summed E-state index contributed by atoms with van der Waals surface area (Å²) < 4.78 is 0. The van der Waals surface area contributed by atoms with Crippen LogP contribution in [0.2, 0.25) is 0 Å². The second-order valence-corrected chi connectivity index (χ2v) is 5.49.